The van der Waals surface area contributed by atoms with Crippen molar-refractivity contribution in [3.63, 3.8) is 0 Å². The summed E-state index contributed by atoms with van der Waals surface area (Å²) in [5.74, 6) is -1.38. The first-order chi connectivity index (χ1) is 16.2. The summed E-state index contributed by atoms with van der Waals surface area (Å²) in [6.45, 7) is 3.09. The van der Waals surface area contributed by atoms with Gasteiger partial charge in [-0.05, 0) is 49.8 Å². The number of hydrogen-bond donors (Lipinski definition) is 1. The fourth-order valence-corrected chi connectivity index (χ4v) is 3.23. The molecule has 2 aromatic rings. The van der Waals surface area contributed by atoms with Crippen molar-refractivity contribution in [3.05, 3.63) is 87.0 Å². The molecule has 0 unspecified atom stereocenters. The highest BCUT2D eigenvalue weighted by Crippen LogP contribution is 2.29. The Balaban J connectivity index is 1.76. The molecule has 0 fully saturated rings. The Hall–Kier alpha value is -3.91. The Morgan fingerprint density at radius 1 is 1.21 bits per heavy atom. The fourth-order valence-electron chi connectivity index (χ4n) is 3.23. The molecule has 0 bridgehead atoms. The number of hydrogen-bond acceptors (Lipinski definition) is 9. The fraction of sp³-hybridized carbons (Fsp3) is 0.292. The Bertz CT molecular complexity index is 1130. The van der Waals surface area contributed by atoms with Crippen LogP contribution in [0.1, 0.15) is 41.4 Å². The topological polar surface area (TPSA) is 149 Å². The van der Waals surface area contributed by atoms with Crippen molar-refractivity contribution in [2.24, 2.45) is 0 Å². The second kappa shape index (κ2) is 10.8. The average molecular weight is 466 g/mol. The molecule has 0 aromatic heterocycles. The number of nitro benzene ring substituents is 1. The molecule has 0 spiro atoms. The van der Waals surface area contributed by atoms with Gasteiger partial charge in [-0.1, -0.05) is 12.1 Å². The summed E-state index contributed by atoms with van der Waals surface area (Å²) in [4.78, 5) is 35.6. The molecule has 10 heteroatoms. The van der Waals surface area contributed by atoms with Crippen molar-refractivity contribution in [2.75, 3.05) is 6.61 Å². The maximum absolute atomic E-state index is 13.0. The van der Waals surface area contributed by atoms with Gasteiger partial charge in [-0.15, -0.1) is 0 Å². The van der Waals surface area contributed by atoms with Gasteiger partial charge in [0.05, 0.1) is 28.2 Å². The van der Waals surface area contributed by atoms with E-state index in [0.29, 0.717) is 11.1 Å². The Morgan fingerprint density at radius 2 is 1.85 bits per heavy atom. The highest BCUT2D eigenvalue weighted by molar-refractivity contribution is 6.01. The summed E-state index contributed by atoms with van der Waals surface area (Å²) in [6.07, 6.45) is -2.40. The molecule has 3 atom stereocenters. The Kier molecular flexibility index (Phi) is 7.86. The van der Waals surface area contributed by atoms with Crippen molar-refractivity contribution >= 4 is 17.4 Å². The summed E-state index contributed by atoms with van der Waals surface area (Å²) in [5.41, 5.74) is 0.698. The van der Waals surface area contributed by atoms with E-state index in [0.717, 1.165) is 0 Å². The van der Waals surface area contributed by atoms with Gasteiger partial charge in [-0.2, -0.15) is 5.26 Å². The van der Waals surface area contributed by atoms with Crippen LogP contribution in [0.4, 0.5) is 5.69 Å². The van der Waals surface area contributed by atoms with Gasteiger partial charge >= 0.3 is 5.97 Å². The van der Waals surface area contributed by atoms with Crippen molar-refractivity contribution in [3.8, 4) is 6.07 Å². The van der Waals surface area contributed by atoms with E-state index >= 15 is 0 Å². The second-order valence-corrected chi connectivity index (χ2v) is 7.70. The lowest BCUT2D eigenvalue weighted by molar-refractivity contribution is -0.384. The standard InChI is InChI=1S/C24H22N2O8/c1-14(2)33-21-11-19(22(27)16-5-3-15(12-25)4-6-16)23(28)20(34-21)13-32-24(29)17-7-9-18(10-8-17)26(30)31/h3-11,14,20-22,27H,13H2,1-2H3/t20-,21+,22-/m1/s1. The van der Waals surface area contributed by atoms with Gasteiger partial charge in [0.25, 0.3) is 5.69 Å². The third kappa shape index (κ3) is 5.90. The molecule has 176 valence electrons. The van der Waals surface area contributed by atoms with E-state index in [2.05, 4.69) is 0 Å². The van der Waals surface area contributed by atoms with Crippen LogP contribution in [0.25, 0.3) is 0 Å². The second-order valence-electron chi connectivity index (χ2n) is 7.70. The number of nitro groups is 1. The number of non-ortho nitro benzene ring substituents is 1. The molecule has 0 aliphatic carbocycles. The van der Waals surface area contributed by atoms with E-state index < -0.39 is 41.8 Å². The minimum atomic E-state index is -1.31. The molecule has 0 saturated carbocycles. The third-order valence-corrected chi connectivity index (χ3v) is 4.93. The van der Waals surface area contributed by atoms with Crippen LogP contribution in [0.5, 0.6) is 0 Å². The number of carbonyl (C=O) groups is 2. The molecule has 0 radical (unpaired) electrons. The van der Waals surface area contributed by atoms with Gasteiger partial charge in [0.15, 0.2) is 18.2 Å². The van der Waals surface area contributed by atoms with E-state index in [1.54, 1.807) is 13.8 Å². The van der Waals surface area contributed by atoms with Crippen molar-refractivity contribution in [1.29, 1.82) is 5.26 Å². The lowest BCUT2D eigenvalue weighted by Crippen LogP contribution is -2.41. The van der Waals surface area contributed by atoms with Gasteiger partial charge in [-0.3, -0.25) is 14.9 Å². The maximum Gasteiger partial charge on any atom is 0.338 e. The minimum Gasteiger partial charge on any atom is -0.459 e. The van der Waals surface area contributed by atoms with E-state index in [1.807, 2.05) is 6.07 Å². The Morgan fingerprint density at radius 3 is 2.41 bits per heavy atom. The molecule has 2 aromatic carbocycles. The van der Waals surface area contributed by atoms with Gasteiger partial charge in [0.2, 0.25) is 0 Å². The molecular weight excluding hydrogens is 444 g/mol. The van der Waals surface area contributed by atoms with Gasteiger partial charge in [-0.25, -0.2) is 4.79 Å². The monoisotopic (exact) mass is 466 g/mol. The first kappa shape index (κ1) is 24.7. The number of nitrogens with zero attached hydrogens (tertiary/aromatic N) is 2. The highest BCUT2D eigenvalue weighted by atomic mass is 16.7. The maximum atomic E-state index is 13.0. The number of carbonyl (C=O) groups excluding carboxylic acids is 2. The predicted octanol–water partition coefficient (Wildman–Crippen LogP) is 3.00. The number of esters is 1. The van der Waals surface area contributed by atoms with E-state index in [9.17, 15) is 24.8 Å². The van der Waals surface area contributed by atoms with E-state index in [-0.39, 0.29) is 22.9 Å². The van der Waals surface area contributed by atoms with Gasteiger partial charge in [0.1, 0.15) is 12.7 Å². The summed E-state index contributed by atoms with van der Waals surface area (Å²) >= 11 is 0. The number of benzene rings is 2. The smallest absolute Gasteiger partial charge is 0.338 e. The molecule has 1 aliphatic rings. The molecule has 1 aliphatic heterocycles. The lowest BCUT2D eigenvalue weighted by atomic mass is 9.93. The molecule has 10 nitrogen and oxygen atoms in total. The molecular formula is C24H22N2O8. The van der Waals surface area contributed by atoms with E-state index in [4.69, 9.17) is 19.5 Å². The van der Waals surface area contributed by atoms with Crippen LogP contribution in [0.2, 0.25) is 0 Å². The molecule has 1 heterocycles. The van der Waals surface area contributed by atoms with Crippen LogP contribution >= 0.6 is 0 Å². The quantitative estimate of drug-likeness (QED) is 0.352. The van der Waals surface area contributed by atoms with Crippen LogP contribution in [0.3, 0.4) is 0 Å². The molecule has 3 rings (SSSR count). The van der Waals surface area contributed by atoms with Crippen LogP contribution < -0.4 is 0 Å². The normalized spacial score (nSPS) is 18.7. The first-order valence-corrected chi connectivity index (χ1v) is 10.4. The van der Waals surface area contributed by atoms with Crippen LogP contribution in [-0.4, -0.2) is 46.9 Å². The number of nitriles is 1. The van der Waals surface area contributed by atoms with Gasteiger partial charge in [0, 0.05) is 17.7 Å². The van der Waals surface area contributed by atoms with Crippen molar-refractivity contribution in [2.45, 2.75) is 38.4 Å². The molecule has 1 N–H and O–H groups in total. The van der Waals surface area contributed by atoms with Gasteiger partial charge < -0.3 is 19.3 Å². The van der Waals surface area contributed by atoms with Crippen molar-refractivity contribution in [1.82, 2.24) is 0 Å². The number of aliphatic hydroxyl groups excluding tert-OH is 1. The lowest BCUT2D eigenvalue weighted by Gasteiger charge is -2.30. The SMILES string of the molecule is CC(C)O[C@@H]1C=C([C@H](O)c2ccc(C#N)cc2)C(=O)[C@@H](COC(=O)c2ccc([N+](=O)[O-])cc2)O1. The zero-order chi connectivity index (χ0) is 24.8. The average Bonchev–Trinajstić information content (AvgIpc) is 2.83. The Labute approximate surface area is 195 Å². The van der Waals surface area contributed by atoms with Crippen molar-refractivity contribution < 1.29 is 33.8 Å². The predicted molar refractivity (Wildman–Crippen MR) is 117 cm³/mol. The van der Waals surface area contributed by atoms with Crippen LogP contribution in [0.15, 0.2) is 60.2 Å². The number of ketones is 1. The molecule has 34 heavy (non-hydrogen) atoms. The number of rotatable bonds is 8. The van der Waals surface area contributed by atoms with E-state index in [1.165, 1.54) is 54.6 Å². The first-order valence-electron chi connectivity index (χ1n) is 10.4. The van der Waals surface area contributed by atoms with Crippen LogP contribution in [0, 0.1) is 21.4 Å². The molecule has 0 amide bonds. The van der Waals surface area contributed by atoms with Crippen LogP contribution in [-0.2, 0) is 19.0 Å². The zero-order valence-electron chi connectivity index (χ0n) is 18.4. The largest absolute Gasteiger partial charge is 0.459 e. The summed E-state index contributed by atoms with van der Waals surface area (Å²) < 4.78 is 16.5. The summed E-state index contributed by atoms with van der Waals surface area (Å²) in [6, 6.07) is 12.9. The number of ether oxygens (including phenoxy) is 3. The zero-order valence-corrected chi connectivity index (χ0v) is 18.4. The summed E-state index contributed by atoms with van der Waals surface area (Å²) in [7, 11) is 0. The number of Topliss-reactive ketones (excluding diaryl/α,β-unsaturated/α-hetero) is 1. The third-order valence-electron chi connectivity index (χ3n) is 4.93. The molecule has 0 saturated heterocycles. The number of aliphatic hydroxyl groups is 1. The minimum absolute atomic E-state index is 0.0120. The highest BCUT2D eigenvalue weighted by Gasteiger charge is 2.36. The summed E-state index contributed by atoms with van der Waals surface area (Å²) in [5, 5.41) is 30.5.